The Hall–Kier alpha value is -3.53. The van der Waals surface area contributed by atoms with Crippen molar-refractivity contribution in [2.45, 2.75) is 51.6 Å². The molecule has 1 saturated heterocycles. The van der Waals surface area contributed by atoms with Gasteiger partial charge in [-0.2, -0.15) is 0 Å². The first kappa shape index (κ1) is 22.3. The molecule has 10 heteroatoms. The quantitative estimate of drug-likeness (QED) is 0.481. The molecule has 0 spiro atoms. The Labute approximate surface area is 198 Å². The van der Waals surface area contributed by atoms with Crippen LogP contribution in [0.3, 0.4) is 0 Å². The van der Waals surface area contributed by atoms with Crippen LogP contribution in [0.2, 0.25) is 0 Å². The number of nitrogens with zero attached hydrogens (tertiary/aromatic N) is 6. The largest absolute Gasteiger partial charge is 0.397 e. The molecule has 10 nitrogen and oxygen atoms in total. The summed E-state index contributed by atoms with van der Waals surface area (Å²) in [5, 5.41) is 6.56. The van der Waals surface area contributed by atoms with E-state index in [-0.39, 0.29) is 5.91 Å². The normalized spacial score (nSPS) is 17.1. The minimum atomic E-state index is -0.361. The van der Waals surface area contributed by atoms with E-state index in [1.54, 1.807) is 25.7 Å². The number of nitrogens with two attached hydrogens (primary N) is 1. The van der Waals surface area contributed by atoms with E-state index in [2.05, 4.69) is 35.5 Å². The lowest BCUT2D eigenvalue weighted by molar-refractivity contribution is 0.102. The third kappa shape index (κ3) is 4.45. The number of carbonyl (C=O) groups is 1. The fraction of sp³-hybridized carbons (Fsp3) is 0.458. The molecule has 5 rings (SSSR count). The minimum absolute atomic E-state index is 0.298. The van der Waals surface area contributed by atoms with Crippen molar-refractivity contribution >= 4 is 35.1 Å². The van der Waals surface area contributed by atoms with Gasteiger partial charge in [0.1, 0.15) is 5.82 Å². The highest BCUT2D eigenvalue weighted by atomic mass is 16.1. The number of aliphatic imine (C=N–C) groups is 1. The highest BCUT2D eigenvalue weighted by Crippen LogP contribution is 2.29. The second-order valence-corrected chi connectivity index (χ2v) is 9.19. The van der Waals surface area contributed by atoms with E-state index in [9.17, 15) is 4.79 Å². The van der Waals surface area contributed by atoms with Crippen LogP contribution in [0, 0.1) is 13.8 Å². The number of pyridine rings is 1. The SMILES string of the molecule is CN=Cc1c(N2CCC(NC3CC3)CC2)ncc(C(=O)Nc2cn3cc(C)nc(C)c3n2)c1N. The van der Waals surface area contributed by atoms with Crippen molar-refractivity contribution in [2.75, 3.05) is 36.1 Å². The number of nitrogen functional groups attached to an aromatic ring is 1. The molecule has 0 aromatic carbocycles. The van der Waals surface area contributed by atoms with Crippen molar-refractivity contribution in [1.82, 2.24) is 24.7 Å². The van der Waals surface area contributed by atoms with Gasteiger partial charge in [-0.25, -0.2) is 9.97 Å². The van der Waals surface area contributed by atoms with Gasteiger partial charge in [0, 0.05) is 50.8 Å². The Morgan fingerprint density at radius 1 is 1.15 bits per heavy atom. The molecule has 2 fully saturated rings. The molecule has 1 aliphatic heterocycles. The van der Waals surface area contributed by atoms with Gasteiger partial charge in [0.25, 0.3) is 5.91 Å². The fourth-order valence-corrected chi connectivity index (χ4v) is 4.61. The van der Waals surface area contributed by atoms with Crippen LogP contribution in [0.15, 0.2) is 23.6 Å². The summed E-state index contributed by atoms with van der Waals surface area (Å²) in [4.78, 5) is 33.1. The van der Waals surface area contributed by atoms with Crippen molar-refractivity contribution < 1.29 is 4.79 Å². The number of amides is 1. The van der Waals surface area contributed by atoms with Gasteiger partial charge < -0.3 is 25.7 Å². The molecule has 0 bridgehead atoms. The maximum absolute atomic E-state index is 13.1. The van der Waals surface area contributed by atoms with Crippen molar-refractivity contribution in [3.05, 3.63) is 41.1 Å². The Bertz CT molecular complexity index is 1250. The van der Waals surface area contributed by atoms with Crippen molar-refractivity contribution in [3.63, 3.8) is 0 Å². The number of imidazole rings is 1. The van der Waals surface area contributed by atoms with Gasteiger partial charge in [0.15, 0.2) is 11.5 Å². The third-order valence-electron chi connectivity index (χ3n) is 6.45. The number of anilines is 3. The number of hydrogen-bond donors (Lipinski definition) is 3. The second-order valence-electron chi connectivity index (χ2n) is 9.19. The summed E-state index contributed by atoms with van der Waals surface area (Å²) in [7, 11) is 1.69. The Morgan fingerprint density at radius 2 is 1.88 bits per heavy atom. The van der Waals surface area contributed by atoms with Crippen LogP contribution in [0.25, 0.3) is 5.65 Å². The number of aryl methyl sites for hydroxylation is 2. The summed E-state index contributed by atoms with van der Waals surface area (Å²) in [5.41, 5.74) is 10.2. The lowest BCUT2D eigenvalue weighted by Gasteiger charge is -2.34. The van der Waals surface area contributed by atoms with Crippen molar-refractivity contribution in [3.8, 4) is 0 Å². The van der Waals surface area contributed by atoms with E-state index in [4.69, 9.17) is 5.73 Å². The van der Waals surface area contributed by atoms with Crippen LogP contribution in [0.5, 0.6) is 0 Å². The van der Waals surface area contributed by atoms with E-state index < -0.39 is 0 Å². The third-order valence-corrected chi connectivity index (χ3v) is 6.45. The van der Waals surface area contributed by atoms with Gasteiger partial charge in [-0.05, 0) is 39.5 Å². The zero-order chi connectivity index (χ0) is 23.8. The topological polar surface area (TPSA) is 126 Å². The maximum Gasteiger partial charge on any atom is 0.260 e. The molecule has 3 aromatic heterocycles. The summed E-state index contributed by atoms with van der Waals surface area (Å²) >= 11 is 0. The van der Waals surface area contributed by atoms with Crippen LogP contribution in [0.4, 0.5) is 17.3 Å². The Balaban J connectivity index is 1.36. The highest BCUT2D eigenvalue weighted by molar-refractivity contribution is 6.10. The molecule has 34 heavy (non-hydrogen) atoms. The number of rotatable bonds is 6. The lowest BCUT2D eigenvalue weighted by Crippen LogP contribution is -2.44. The van der Waals surface area contributed by atoms with Crippen molar-refractivity contribution in [2.24, 2.45) is 4.99 Å². The van der Waals surface area contributed by atoms with Crippen LogP contribution >= 0.6 is 0 Å². The van der Waals surface area contributed by atoms with Gasteiger partial charge in [0.05, 0.1) is 34.4 Å². The predicted octanol–water partition coefficient (Wildman–Crippen LogP) is 2.35. The standard InChI is InChI=1S/C24H31N9O/c1-14-12-33-13-20(30-22(33)15(2)28-14)31-24(34)19-11-27-23(18(10-26-3)21(19)25)32-8-6-17(7-9-32)29-16-4-5-16/h10-13,16-17,29H,4-9H2,1-3H3,(H2,25,27)(H,31,34). The van der Waals surface area contributed by atoms with E-state index in [0.717, 1.165) is 43.1 Å². The first-order valence-electron chi connectivity index (χ1n) is 11.8. The monoisotopic (exact) mass is 461 g/mol. The first-order chi connectivity index (χ1) is 16.4. The molecule has 0 unspecified atom stereocenters. The molecule has 178 valence electrons. The molecule has 4 heterocycles. The zero-order valence-electron chi connectivity index (χ0n) is 19.9. The molecule has 2 aliphatic rings. The van der Waals surface area contributed by atoms with Gasteiger partial charge in [0.2, 0.25) is 0 Å². The van der Waals surface area contributed by atoms with E-state index >= 15 is 0 Å². The first-order valence-corrected chi connectivity index (χ1v) is 11.8. The molecule has 1 aliphatic carbocycles. The summed E-state index contributed by atoms with van der Waals surface area (Å²) in [6.07, 6.45) is 11.6. The molecular weight excluding hydrogens is 430 g/mol. The van der Waals surface area contributed by atoms with Crippen LogP contribution in [0.1, 0.15) is 53.0 Å². The number of hydrogen-bond acceptors (Lipinski definition) is 8. The minimum Gasteiger partial charge on any atom is -0.397 e. The van der Waals surface area contributed by atoms with Gasteiger partial charge in [-0.3, -0.25) is 14.8 Å². The summed E-state index contributed by atoms with van der Waals surface area (Å²) in [5.74, 6) is 0.842. The van der Waals surface area contributed by atoms with Gasteiger partial charge in [-0.15, -0.1) is 0 Å². The molecule has 0 atom stereocenters. The van der Waals surface area contributed by atoms with Gasteiger partial charge >= 0.3 is 0 Å². The van der Waals surface area contributed by atoms with E-state index in [0.29, 0.717) is 40.4 Å². The lowest BCUT2D eigenvalue weighted by atomic mass is 10.0. The van der Waals surface area contributed by atoms with Crippen molar-refractivity contribution in [1.29, 1.82) is 0 Å². The molecule has 0 radical (unpaired) electrons. The van der Waals surface area contributed by atoms with E-state index in [1.807, 2.05) is 24.4 Å². The van der Waals surface area contributed by atoms with E-state index in [1.165, 1.54) is 12.8 Å². The number of fused-ring (bicyclic) bond motifs is 1. The second kappa shape index (κ2) is 9.02. The summed E-state index contributed by atoms with van der Waals surface area (Å²) in [6.45, 7) is 5.59. The number of nitrogens with one attached hydrogen (secondary N) is 2. The van der Waals surface area contributed by atoms with Gasteiger partial charge in [-0.1, -0.05) is 0 Å². The number of carbonyl (C=O) groups excluding carboxylic acids is 1. The predicted molar refractivity (Wildman–Crippen MR) is 134 cm³/mol. The fourth-order valence-electron chi connectivity index (χ4n) is 4.61. The number of aromatic nitrogens is 4. The maximum atomic E-state index is 13.1. The summed E-state index contributed by atoms with van der Waals surface area (Å²) < 4.78 is 1.86. The molecular formula is C24H31N9O. The molecule has 1 saturated carbocycles. The Morgan fingerprint density at radius 3 is 2.59 bits per heavy atom. The average Bonchev–Trinajstić information content (AvgIpc) is 3.53. The molecule has 3 aromatic rings. The number of piperidine rings is 1. The van der Waals surface area contributed by atoms with Crippen LogP contribution in [-0.2, 0) is 0 Å². The van der Waals surface area contributed by atoms with Crippen LogP contribution < -0.4 is 21.3 Å². The smallest absolute Gasteiger partial charge is 0.260 e. The van der Waals surface area contributed by atoms with Crippen LogP contribution in [-0.4, -0.2) is 63.7 Å². The Kier molecular flexibility index (Phi) is 5.91. The molecule has 1 amide bonds. The highest BCUT2D eigenvalue weighted by Gasteiger charge is 2.29. The average molecular weight is 462 g/mol. The molecule has 4 N–H and O–H groups in total. The zero-order valence-corrected chi connectivity index (χ0v) is 19.9. The summed E-state index contributed by atoms with van der Waals surface area (Å²) in [6, 6.07) is 1.27.